The van der Waals surface area contributed by atoms with Crippen molar-refractivity contribution < 1.29 is 14.3 Å². The molecule has 0 fully saturated rings. The summed E-state index contributed by atoms with van der Waals surface area (Å²) in [7, 11) is 1.76. The Morgan fingerprint density at radius 3 is 2.35 bits per heavy atom. The van der Waals surface area contributed by atoms with Gasteiger partial charge in [-0.25, -0.2) is 0 Å². The maximum Gasteiger partial charge on any atom is 0.248 e. The molecule has 0 N–H and O–H groups in total. The molecule has 0 saturated heterocycles. The first kappa shape index (κ1) is 16.5. The van der Waals surface area contributed by atoms with Crippen LogP contribution in [0.5, 0.6) is 5.75 Å². The van der Waals surface area contributed by atoms with Gasteiger partial charge in [0.15, 0.2) is 0 Å². The number of likely N-dealkylation sites (N-methyl/N-ethyl adjacent to an activating group) is 1. The van der Waals surface area contributed by atoms with Crippen LogP contribution in [0.4, 0.5) is 0 Å². The number of ether oxygens (including phenoxy) is 2. The van der Waals surface area contributed by atoms with Gasteiger partial charge in [0.1, 0.15) is 19.0 Å². The highest BCUT2D eigenvalue weighted by Crippen LogP contribution is 2.15. The summed E-state index contributed by atoms with van der Waals surface area (Å²) in [6.07, 6.45) is 0.0684. The molecule has 4 nitrogen and oxygen atoms in total. The predicted molar refractivity (Wildman–Crippen MR) is 80.1 cm³/mol. The van der Waals surface area contributed by atoms with Crippen LogP contribution in [0, 0.1) is 13.8 Å². The molecular weight excluding hydrogens is 254 g/mol. The third-order valence-corrected chi connectivity index (χ3v) is 2.86. The summed E-state index contributed by atoms with van der Waals surface area (Å²) in [6.45, 7) is 9.06. The maximum absolute atomic E-state index is 11.7. The van der Waals surface area contributed by atoms with Gasteiger partial charge in [-0.1, -0.05) is 6.07 Å². The summed E-state index contributed by atoms with van der Waals surface area (Å²) >= 11 is 0. The molecule has 20 heavy (non-hydrogen) atoms. The van der Waals surface area contributed by atoms with Crippen molar-refractivity contribution in [3.05, 3.63) is 29.3 Å². The van der Waals surface area contributed by atoms with Crippen LogP contribution in [0.1, 0.15) is 25.0 Å². The number of amides is 1. The molecule has 0 aromatic heterocycles. The Balaban J connectivity index is 2.34. The highest BCUT2D eigenvalue weighted by atomic mass is 16.5. The first-order valence-corrected chi connectivity index (χ1v) is 6.95. The maximum atomic E-state index is 11.7. The number of nitrogens with zero attached hydrogens (tertiary/aromatic N) is 1. The van der Waals surface area contributed by atoms with E-state index in [1.807, 2.05) is 39.8 Å². The predicted octanol–water partition coefficient (Wildman–Crippen LogP) is 2.57. The number of hydrogen-bond donors (Lipinski definition) is 0. The second-order valence-corrected chi connectivity index (χ2v) is 5.35. The van der Waals surface area contributed by atoms with Crippen molar-refractivity contribution in [2.45, 2.75) is 33.8 Å². The third-order valence-electron chi connectivity index (χ3n) is 2.86. The van der Waals surface area contributed by atoms with Gasteiger partial charge in [0.05, 0.1) is 12.6 Å². The van der Waals surface area contributed by atoms with Gasteiger partial charge in [-0.15, -0.1) is 0 Å². The van der Waals surface area contributed by atoms with Gasteiger partial charge in [-0.05, 0) is 51.0 Å². The van der Waals surface area contributed by atoms with Gasteiger partial charge >= 0.3 is 0 Å². The lowest BCUT2D eigenvalue weighted by atomic mass is 10.1. The first-order valence-electron chi connectivity index (χ1n) is 6.95. The molecule has 1 rings (SSSR count). The zero-order valence-electron chi connectivity index (χ0n) is 13.1. The topological polar surface area (TPSA) is 38.8 Å². The monoisotopic (exact) mass is 279 g/mol. The number of carbonyl (C=O) groups is 1. The fourth-order valence-corrected chi connectivity index (χ4v) is 1.79. The number of carbonyl (C=O) groups excluding carboxylic acids is 1. The van der Waals surface area contributed by atoms with E-state index in [-0.39, 0.29) is 18.6 Å². The van der Waals surface area contributed by atoms with Crippen LogP contribution in [0.15, 0.2) is 18.2 Å². The van der Waals surface area contributed by atoms with E-state index >= 15 is 0 Å². The average molecular weight is 279 g/mol. The van der Waals surface area contributed by atoms with E-state index in [0.717, 1.165) is 5.75 Å². The van der Waals surface area contributed by atoms with Crippen LogP contribution in [0.3, 0.4) is 0 Å². The minimum absolute atomic E-state index is 0.0253. The standard InChI is InChI=1S/C16H25NO3/c1-12(2)20-11-16(18)17(5)6-7-19-15-9-13(3)8-14(4)10-15/h8-10,12H,6-7,11H2,1-5H3. The molecule has 0 aliphatic rings. The zero-order chi connectivity index (χ0) is 15.1. The van der Waals surface area contributed by atoms with Crippen molar-refractivity contribution in [3.63, 3.8) is 0 Å². The van der Waals surface area contributed by atoms with Gasteiger partial charge in [0.25, 0.3) is 0 Å². The second kappa shape index (κ2) is 7.90. The second-order valence-electron chi connectivity index (χ2n) is 5.35. The fraction of sp³-hybridized carbons (Fsp3) is 0.562. The van der Waals surface area contributed by atoms with Crippen LogP contribution >= 0.6 is 0 Å². The normalized spacial score (nSPS) is 10.7. The van der Waals surface area contributed by atoms with Gasteiger partial charge in [-0.2, -0.15) is 0 Å². The SMILES string of the molecule is Cc1cc(C)cc(OCCN(C)C(=O)COC(C)C)c1. The van der Waals surface area contributed by atoms with Crippen molar-refractivity contribution in [2.75, 3.05) is 26.8 Å². The molecular formula is C16H25NO3. The molecule has 0 radical (unpaired) electrons. The van der Waals surface area contributed by atoms with Gasteiger partial charge < -0.3 is 14.4 Å². The number of hydrogen-bond acceptors (Lipinski definition) is 3. The van der Waals surface area contributed by atoms with Crippen LogP contribution in [0.2, 0.25) is 0 Å². The highest BCUT2D eigenvalue weighted by molar-refractivity contribution is 5.77. The van der Waals surface area contributed by atoms with Crippen molar-refractivity contribution >= 4 is 5.91 Å². The molecule has 0 atom stereocenters. The summed E-state index contributed by atoms with van der Waals surface area (Å²) in [6, 6.07) is 6.10. The molecule has 1 aromatic rings. The zero-order valence-corrected chi connectivity index (χ0v) is 13.1. The van der Waals surface area contributed by atoms with Crippen molar-refractivity contribution in [2.24, 2.45) is 0 Å². The van der Waals surface area contributed by atoms with Gasteiger partial charge in [0, 0.05) is 7.05 Å². The Hall–Kier alpha value is -1.55. The lowest BCUT2D eigenvalue weighted by Gasteiger charge is -2.18. The minimum Gasteiger partial charge on any atom is -0.492 e. The number of rotatable bonds is 7. The highest BCUT2D eigenvalue weighted by Gasteiger charge is 2.09. The van der Waals surface area contributed by atoms with Gasteiger partial charge in [-0.3, -0.25) is 4.79 Å². The largest absolute Gasteiger partial charge is 0.492 e. The summed E-state index contributed by atoms with van der Waals surface area (Å²) in [4.78, 5) is 13.4. The van der Waals surface area contributed by atoms with E-state index in [1.165, 1.54) is 11.1 Å². The summed E-state index contributed by atoms with van der Waals surface area (Å²) < 4.78 is 11.0. The first-order chi connectivity index (χ1) is 9.38. The quantitative estimate of drug-likeness (QED) is 0.770. The smallest absolute Gasteiger partial charge is 0.248 e. The van der Waals surface area contributed by atoms with Crippen molar-refractivity contribution in [3.8, 4) is 5.75 Å². The average Bonchev–Trinajstić information content (AvgIpc) is 2.34. The van der Waals surface area contributed by atoms with E-state index in [9.17, 15) is 4.79 Å². The van der Waals surface area contributed by atoms with Crippen molar-refractivity contribution in [1.29, 1.82) is 0 Å². The van der Waals surface area contributed by atoms with Crippen LogP contribution in [-0.4, -0.2) is 43.7 Å². The molecule has 1 amide bonds. The lowest BCUT2D eigenvalue weighted by molar-refractivity contribution is -0.136. The minimum atomic E-state index is -0.0253. The van der Waals surface area contributed by atoms with Crippen LogP contribution in [-0.2, 0) is 9.53 Å². The Morgan fingerprint density at radius 1 is 1.20 bits per heavy atom. The molecule has 4 heteroatoms. The Bertz CT molecular complexity index is 423. The summed E-state index contributed by atoms with van der Waals surface area (Å²) in [5.41, 5.74) is 2.35. The number of aryl methyl sites for hydroxylation is 2. The molecule has 0 heterocycles. The van der Waals surface area contributed by atoms with E-state index in [0.29, 0.717) is 13.2 Å². The van der Waals surface area contributed by atoms with E-state index < -0.39 is 0 Å². The van der Waals surface area contributed by atoms with Crippen LogP contribution in [0.25, 0.3) is 0 Å². The van der Waals surface area contributed by atoms with Gasteiger partial charge in [0.2, 0.25) is 5.91 Å². The molecule has 0 saturated carbocycles. The number of benzene rings is 1. The Labute approximate surface area is 121 Å². The molecule has 112 valence electrons. The van der Waals surface area contributed by atoms with E-state index in [4.69, 9.17) is 9.47 Å². The van der Waals surface area contributed by atoms with Crippen LogP contribution < -0.4 is 4.74 Å². The molecule has 0 bridgehead atoms. The Morgan fingerprint density at radius 2 is 1.80 bits per heavy atom. The van der Waals surface area contributed by atoms with E-state index in [1.54, 1.807) is 11.9 Å². The third kappa shape index (κ3) is 6.06. The molecule has 0 aliphatic heterocycles. The summed E-state index contributed by atoms with van der Waals surface area (Å²) in [5, 5.41) is 0. The lowest BCUT2D eigenvalue weighted by Crippen LogP contribution is -2.34. The van der Waals surface area contributed by atoms with Crippen molar-refractivity contribution in [1.82, 2.24) is 4.90 Å². The molecule has 1 aromatic carbocycles. The van der Waals surface area contributed by atoms with E-state index in [2.05, 4.69) is 6.07 Å². The fourth-order valence-electron chi connectivity index (χ4n) is 1.79. The molecule has 0 unspecified atom stereocenters. The molecule has 0 spiro atoms. The Kier molecular flexibility index (Phi) is 6.52. The summed E-state index contributed by atoms with van der Waals surface area (Å²) in [5.74, 6) is 0.824. The molecule has 0 aliphatic carbocycles.